The lowest BCUT2D eigenvalue weighted by molar-refractivity contribution is 0.537. The average molecular weight is 208 g/mol. The molecule has 0 aromatic heterocycles. The first-order valence-corrected chi connectivity index (χ1v) is 6.01. The SMILES string of the molecule is CC(C)(C)C1=C(c2ccccc2)[P@@]1F. The number of allylic oxidation sites excluding steroid dienone is 1. The molecular weight excluding hydrogens is 194 g/mol. The summed E-state index contributed by atoms with van der Waals surface area (Å²) in [6.45, 7) is 6.23. The van der Waals surface area contributed by atoms with Crippen molar-refractivity contribution in [1.82, 2.24) is 0 Å². The van der Waals surface area contributed by atoms with Crippen molar-refractivity contribution in [2.24, 2.45) is 5.41 Å². The maximum Gasteiger partial charge on any atom is 0.142 e. The summed E-state index contributed by atoms with van der Waals surface area (Å²) >= 11 is 0. The molecule has 0 unspecified atom stereocenters. The summed E-state index contributed by atoms with van der Waals surface area (Å²) in [4.78, 5) is 0. The normalized spacial score (nSPS) is 21.3. The van der Waals surface area contributed by atoms with Gasteiger partial charge in [0.2, 0.25) is 0 Å². The Morgan fingerprint density at radius 2 is 1.64 bits per heavy atom. The van der Waals surface area contributed by atoms with Crippen LogP contribution in [0.4, 0.5) is 4.20 Å². The fraction of sp³-hybridized carbons (Fsp3) is 0.333. The number of hydrogen-bond acceptors (Lipinski definition) is 0. The highest BCUT2D eigenvalue weighted by molar-refractivity contribution is 7.77. The summed E-state index contributed by atoms with van der Waals surface area (Å²) in [5.41, 5.74) is 1.05. The monoisotopic (exact) mass is 208 g/mol. The number of halogens is 1. The molecule has 1 aromatic rings. The molecule has 0 amide bonds. The fourth-order valence-electron chi connectivity index (χ4n) is 1.64. The Labute approximate surface area is 85.7 Å². The van der Waals surface area contributed by atoms with Gasteiger partial charge in [0, 0.05) is 10.6 Å². The van der Waals surface area contributed by atoms with Gasteiger partial charge in [0.25, 0.3) is 0 Å². The van der Waals surface area contributed by atoms with Crippen molar-refractivity contribution < 1.29 is 4.20 Å². The minimum atomic E-state index is -1.43. The van der Waals surface area contributed by atoms with Gasteiger partial charge in [0.05, 0.1) is 0 Å². The third-order valence-electron chi connectivity index (χ3n) is 2.32. The maximum atomic E-state index is 13.6. The molecule has 2 heteroatoms. The van der Waals surface area contributed by atoms with Crippen molar-refractivity contribution in [2.45, 2.75) is 20.8 Å². The van der Waals surface area contributed by atoms with Gasteiger partial charge in [0.1, 0.15) is 8.23 Å². The van der Waals surface area contributed by atoms with Crippen LogP contribution < -0.4 is 0 Å². The molecule has 0 bridgehead atoms. The van der Waals surface area contributed by atoms with E-state index in [1.165, 1.54) is 0 Å². The van der Waals surface area contributed by atoms with Crippen LogP contribution >= 0.6 is 8.23 Å². The molecule has 0 aliphatic carbocycles. The van der Waals surface area contributed by atoms with Gasteiger partial charge in [0.15, 0.2) is 0 Å². The zero-order chi connectivity index (χ0) is 10.3. The van der Waals surface area contributed by atoms with E-state index >= 15 is 0 Å². The van der Waals surface area contributed by atoms with E-state index in [0.29, 0.717) is 0 Å². The number of benzene rings is 1. The standard InChI is InChI=1S/C12H14FP/c1-12(2,3)11-10(14(11)13)9-7-5-4-6-8-9/h4-8H,1-3H3/t14-/m1/s1. The van der Waals surface area contributed by atoms with Gasteiger partial charge >= 0.3 is 0 Å². The minimum Gasteiger partial charge on any atom is -0.217 e. The van der Waals surface area contributed by atoms with Crippen LogP contribution in [0.2, 0.25) is 0 Å². The van der Waals surface area contributed by atoms with E-state index in [2.05, 4.69) is 20.8 Å². The highest BCUT2D eigenvalue weighted by Gasteiger charge is 2.45. The quantitative estimate of drug-likeness (QED) is 0.582. The number of rotatable bonds is 1. The second kappa shape index (κ2) is 3.17. The molecule has 0 fully saturated rings. The Morgan fingerprint density at radius 1 is 1.07 bits per heavy atom. The molecule has 1 aliphatic rings. The molecular formula is C12H14FP. The van der Waals surface area contributed by atoms with E-state index < -0.39 is 8.23 Å². The first kappa shape index (κ1) is 9.86. The van der Waals surface area contributed by atoms with Gasteiger partial charge in [-0.25, -0.2) is 4.20 Å². The second-order valence-corrected chi connectivity index (χ2v) is 6.05. The predicted octanol–water partition coefficient (Wildman–Crippen LogP) is 4.78. The molecule has 0 radical (unpaired) electrons. The van der Waals surface area contributed by atoms with E-state index in [-0.39, 0.29) is 5.41 Å². The van der Waals surface area contributed by atoms with Crippen LogP contribution in [-0.4, -0.2) is 0 Å². The molecule has 0 saturated carbocycles. The van der Waals surface area contributed by atoms with Crippen LogP contribution in [0, 0.1) is 5.41 Å². The lowest BCUT2D eigenvalue weighted by atomic mass is 9.95. The highest BCUT2D eigenvalue weighted by atomic mass is 31.2. The Morgan fingerprint density at radius 3 is 2.07 bits per heavy atom. The van der Waals surface area contributed by atoms with Crippen molar-refractivity contribution in [2.75, 3.05) is 0 Å². The van der Waals surface area contributed by atoms with Crippen LogP contribution in [0.15, 0.2) is 35.6 Å². The van der Waals surface area contributed by atoms with Crippen LogP contribution in [0.5, 0.6) is 0 Å². The van der Waals surface area contributed by atoms with Gasteiger partial charge < -0.3 is 0 Å². The molecule has 14 heavy (non-hydrogen) atoms. The Balaban J connectivity index is 2.35. The first-order chi connectivity index (χ1) is 6.52. The topological polar surface area (TPSA) is 0 Å². The molecule has 1 atom stereocenters. The maximum absolute atomic E-state index is 13.6. The molecule has 1 aliphatic heterocycles. The summed E-state index contributed by atoms with van der Waals surface area (Å²) < 4.78 is 13.6. The lowest BCUT2D eigenvalue weighted by Crippen LogP contribution is -2.00. The van der Waals surface area contributed by atoms with E-state index in [9.17, 15) is 4.20 Å². The highest BCUT2D eigenvalue weighted by Crippen LogP contribution is 2.79. The Kier molecular flexibility index (Phi) is 2.23. The first-order valence-electron chi connectivity index (χ1n) is 4.78. The van der Waals surface area contributed by atoms with Crippen molar-refractivity contribution in [3.05, 3.63) is 41.2 Å². The van der Waals surface area contributed by atoms with Gasteiger partial charge in [-0.3, -0.25) is 0 Å². The predicted molar refractivity (Wildman–Crippen MR) is 60.8 cm³/mol. The summed E-state index contributed by atoms with van der Waals surface area (Å²) in [5, 5.41) is 1.99. The number of hydrogen-bond donors (Lipinski definition) is 0. The van der Waals surface area contributed by atoms with Crippen molar-refractivity contribution in [3.8, 4) is 0 Å². The summed E-state index contributed by atoms with van der Waals surface area (Å²) in [5.74, 6) is 0. The van der Waals surface area contributed by atoms with E-state index in [1.54, 1.807) is 0 Å². The smallest absolute Gasteiger partial charge is 0.142 e. The summed E-state index contributed by atoms with van der Waals surface area (Å²) in [6.07, 6.45) is 0. The molecule has 1 heterocycles. The summed E-state index contributed by atoms with van der Waals surface area (Å²) in [7, 11) is -1.43. The molecule has 0 nitrogen and oxygen atoms in total. The largest absolute Gasteiger partial charge is 0.217 e. The van der Waals surface area contributed by atoms with E-state index in [4.69, 9.17) is 0 Å². The zero-order valence-corrected chi connectivity index (χ0v) is 9.61. The Bertz CT molecular complexity index is 373. The second-order valence-electron chi connectivity index (χ2n) is 4.59. The third-order valence-corrected chi connectivity index (χ3v) is 4.26. The van der Waals surface area contributed by atoms with E-state index in [1.807, 2.05) is 30.3 Å². The third kappa shape index (κ3) is 1.62. The van der Waals surface area contributed by atoms with Gasteiger partial charge in [-0.05, 0) is 11.0 Å². The molecule has 0 spiro atoms. The van der Waals surface area contributed by atoms with Crippen molar-refractivity contribution in [3.63, 3.8) is 0 Å². The molecule has 1 aromatic carbocycles. The van der Waals surface area contributed by atoms with Gasteiger partial charge in [-0.1, -0.05) is 51.1 Å². The minimum absolute atomic E-state index is 0.00831. The average Bonchev–Trinajstić information content (AvgIpc) is 2.78. The van der Waals surface area contributed by atoms with Gasteiger partial charge in [-0.15, -0.1) is 0 Å². The lowest BCUT2D eigenvalue weighted by Gasteiger charge is -2.12. The zero-order valence-electron chi connectivity index (χ0n) is 8.71. The Hall–Kier alpha value is -0.680. The fourth-order valence-corrected chi connectivity index (χ4v) is 3.47. The van der Waals surface area contributed by atoms with Crippen molar-refractivity contribution >= 4 is 13.5 Å². The van der Waals surface area contributed by atoms with Crippen LogP contribution in [-0.2, 0) is 0 Å². The van der Waals surface area contributed by atoms with Gasteiger partial charge in [-0.2, -0.15) is 0 Å². The summed E-state index contributed by atoms with van der Waals surface area (Å²) in [6, 6.07) is 9.86. The van der Waals surface area contributed by atoms with Crippen molar-refractivity contribution in [1.29, 1.82) is 0 Å². The van der Waals surface area contributed by atoms with Crippen LogP contribution in [0.25, 0.3) is 5.31 Å². The van der Waals surface area contributed by atoms with E-state index in [0.717, 1.165) is 16.2 Å². The molecule has 2 rings (SSSR count). The van der Waals surface area contributed by atoms with Crippen LogP contribution in [0.1, 0.15) is 26.3 Å². The molecule has 0 saturated heterocycles. The van der Waals surface area contributed by atoms with Crippen LogP contribution in [0.3, 0.4) is 0 Å². The molecule has 74 valence electrons. The molecule has 0 N–H and O–H groups in total.